The molecule has 1 aliphatic heterocycles. The topological polar surface area (TPSA) is 58.6 Å². The van der Waals surface area contributed by atoms with Crippen LogP contribution in [-0.4, -0.2) is 29.5 Å². The van der Waals surface area contributed by atoms with Crippen molar-refractivity contribution in [3.8, 4) is 0 Å². The van der Waals surface area contributed by atoms with Gasteiger partial charge in [-0.1, -0.05) is 6.07 Å². The first-order valence-corrected chi connectivity index (χ1v) is 6.62. The van der Waals surface area contributed by atoms with Crippen LogP contribution in [0.25, 0.3) is 0 Å². The molecule has 1 heterocycles. The molecule has 0 radical (unpaired) electrons. The number of amides is 2. The maximum absolute atomic E-state index is 12.0. The van der Waals surface area contributed by atoms with Gasteiger partial charge >= 0.3 is 6.09 Å². The zero-order valence-corrected chi connectivity index (χ0v) is 12.3. The van der Waals surface area contributed by atoms with Crippen molar-refractivity contribution in [3.05, 3.63) is 34.9 Å². The minimum absolute atomic E-state index is 0.122. The Labute approximate surface area is 118 Å². The van der Waals surface area contributed by atoms with E-state index in [1.165, 1.54) is 0 Å². The van der Waals surface area contributed by atoms with Crippen molar-refractivity contribution in [1.82, 2.24) is 10.2 Å². The summed E-state index contributed by atoms with van der Waals surface area (Å²) in [5, 5.41) is 2.59. The third-order valence-corrected chi connectivity index (χ3v) is 3.07. The second-order valence-electron chi connectivity index (χ2n) is 5.90. The summed E-state index contributed by atoms with van der Waals surface area (Å²) in [7, 11) is 1.60. The van der Waals surface area contributed by atoms with Crippen molar-refractivity contribution in [2.75, 3.05) is 7.05 Å². The zero-order valence-electron chi connectivity index (χ0n) is 12.3. The quantitative estimate of drug-likeness (QED) is 0.856. The van der Waals surface area contributed by atoms with Gasteiger partial charge in [0.25, 0.3) is 5.91 Å². The number of carbonyl (C=O) groups is 2. The van der Waals surface area contributed by atoms with E-state index in [1.807, 2.05) is 32.9 Å². The monoisotopic (exact) mass is 276 g/mol. The molecule has 0 aliphatic carbocycles. The minimum Gasteiger partial charge on any atom is -0.444 e. The van der Waals surface area contributed by atoms with Crippen molar-refractivity contribution in [2.45, 2.75) is 39.5 Å². The standard InChI is InChI=1S/C15H20N2O3/c1-15(2,3)20-14(19)17-8-11-6-5-10(13(18)16-4)7-12(11)9-17/h5-7H,8-9H2,1-4H3,(H,16,18). The van der Waals surface area contributed by atoms with Crippen LogP contribution in [0.2, 0.25) is 0 Å². The Kier molecular flexibility index (Phi) is 3.70. The van der Waals surface area contributed by atoms with Gasteiger partial charge in [-0.25, -0.2) is 4.79 Å². The van der Waals surface area contributed by atoms with Crippen molar-refractivity contribution in [2.24, 2.45) is 0 Å². The van der Waals surface area contributed by atoms with E-state index in [1.54, 1.807) is 18.0 Å². The summed E-state index contributed by atoms with van der Waals surface area (Å²) in [5.74, 6) is -0.122. The average molecular weight is 276 g/mol. The van der Waals surface area contributed by atoms with Crippen LogP contribution in [-0.2, 0) is 17.8 Å². The predicted octanol–water partition coefficient (Wildman–Crippen LogP) is 2.30. The third-order valence-electron chi connectivity index (χ3n) is 3.07. The van der Waals surface area contributed by atoms with E-state index in [0.717, 1.165) is 11.1 Å². The largest absolute Gasteiger partial charge is 0.444 e. The molecule has 2 amide bonds. The first-order valence-electron chi connectivity index (χ1n) is 6.62. The molecule has 1 aromatic rings. The summed E-state index contributed by atoms with van der Waals surface area (Å²) >= 11 is 0. The van der Waals surface area contributed by atoms with Gasteiger partial charge in [-0.05, 0) is 44.0 Å². The highest BCUT2D eigenvalue weighted by atomic mass is 16.6. The van der Waals surface area contributed by atoms with Crippen molar-refractivity contribution in [3.63, 3.8) is 0 Å². The molecule has 0 fully saturated rings. The third kappa shape index (κ3) is 3.10. The molecule has 0 aromatic heterocycles. The molecule has 0 saturated carbocycles. The van der Waals surface area contributed by atoms with Gasteiger partial charge in [0.15, 0.2) is 0 Å². The molecule has 108 valence electrons. The fraction of sp³-hybridized carbons (Fsp3) is 0.467. The van der Waals surface area contributed by atoms with E-state index in [4.69, 9.17) is 4.74 Å². The lowest BCUT2D eigenvalue weighted by Gasteiger charge is -2.24. The highest BCUT2D eigenvalue weighted by molar-refractivity contribution is 5.94. The first-order chi connectivity index (χ1) is 9.30. The van der Waals surface area contributed by atoms with E-state index < -0.39 is 5.60 Å². The molecule has 1 aliphatic rings. The average Bonchev–Trinajstić information content (AvgIpc) is 2.78. The lowest BCUT2D eigenvalue weighted by atomic mass is 10.1. The minimum atomic E-state index is -0.501. The summed E-state index contributed by atoms with van der Waals surface area (Å²) in [6.45, 7) is 6.54. The molecular formula is C15H20N2O3. The van der Waals surface area contributed by atoms with Gasteiger partial charge in [0, 0.05) is 25.7 Å². The Bertz CT molecular complexity index is 547. The van der Waals surface area contributed by atoms with Gasteiger partial charge in [-0.3, -0.25) is 9.69 Å². The number of hydrogen-bond acceptors (Lipinski definition) is 3. The van der Waals surface area contributed by atoms with Crippen molar-refractivity contribution in [1.29, 1.82) is 0 Å². The van der Waals surface area contributed by atoms with Gasteiger partial charge in [0.2, 0.25) is 0 Å². The lowest BCUT2D eigenvalue weighted by Crippen LogP contribution is -2.33. The maximum Gasteiger partial charge on any atom is 0.410 e. The molecular weight excluding hydrogens is 256 g/mol. The van der Waals surface area contributed by atoms with Gasteiger partial charge in [-0.15, -0.1) is 0 Å². The normalized spacial score (nSPS) is 13.9. The Morgan fingerprint density at radius 2 is 1.85 bits per heavy atom. The first kappa shape index (κ1) is 14.4. The summed E-state index contributed by atoms with van der Waals surface area (Å²) in [5.41, 5.74) is 2.16. The Morgan fingerprint density at radius 1 is 1.20 bits per heavy atom. The summed E-state index contributed by atoms with van der Waals surface area (Å²) in [4.78, 5) is 25.3. The molecule has 1 aromatic carbocycles. The van der Waals surface area contributed by atoms with E-state index in [9.17, 15) is 9.59 Å². The second-order valence-corrected chi connectivity index (χ2v) is 5.90. The number of rotatable bonds is 1. The summed E-state index contributed by atoms with van der Waals surface area (Å²) in [6.07, 6.45) is -0.324. The van der Waals surface area contributed by atoms with Crippen LogP contribution >= 0.6 is 0 Å². The molecule has 0 spiro atoms. The fourth-order valence-electron chi connectivity index (χ4n) is 2.14. The van der Waals surface area contributed by atoms with Gasteiger partial charge < -0.3 is 10.1 Å². The molecule has 5 heteroatoms. The van der Waals surface area contributed by atoms with Crippen LogP contribution in [0.4, 0.5) is 4.79 Å². The van der Waals surface area contributed by atoms with Crippen LogP contribution in [0.5, 0.6) is 0 Å². The van der Waals surface area contributed by atoms with Crippen LogP contribution in [0.3, 0.4) is 0 Å². The van der Waals surface area contributed by atoms with E-state index in [2.05, 4.69) is 5.32 Å². The number of fused-ring (bicyclic) bond motifs is 1. The van der Waals surface area contributed by atoms with E-state index in [-0.39, 0.29) is 12.0 Å². The fourth-order valence-corrected chi connectivity index (χ4v) is 2.14. The molecule has 20 heavy (non-hydrogen) atoms. The van der Waals surface area contributed by atoms with E-state index in [0.29, 0.717) is 18.7 Å². The number of carbonyl (C=O) groups excluding carboxylic acids is 2. The molecule has 0 atom stereocenters. The van der Waals surface area contributed by atoms with Crippen molar-refractivity contribution >= 4 is 12.0 Å². The molecule has 5 nitrogen and oxygen atoms in total. The Balaban J connectivity index is 2.11. The molecule has 0 saturated heterocycles. The summed E-state index contributed by atoms with van der Waals surface area (Å²) < 4.78 is 5.36. The predicted molar refractivity (Wildman–Crippen MR) is 75.3 cm³/mol. The van der Waals surface area contributed by atoms with E-state index >= 15 is 0 Å². The van der Waals surface area contributed by atoms with Gasteiger partial charge in [0.05, 0.1) is 0 Å². The Hall–Kier alpha value is -2.04. The zero-order chi connectivity index (χ0) is 14.9. The lowest BCUT2D eigenvalue weighted by molar-refractivity contribution is 0.0242. The smallest absolute Gasteiger partial charge is 0.410 e. The molecule has 2 rings (SSSR count). The Morgan fingerprint density at radius 3 is 2.45 bits per heavy atom. The molecule has 0 bridgehead atoms. The SMILES string of the molecule is CNC(=O)c1ccc2c(c1)CN(C(=O)OC(C)(C)C)C2. The highest BCUT2D eigenvalue weighted by Crippen LogP contribution is 2.25. The van der Waals surface area contributed by atoms with Crippen molar-refractivity contribution < 1.29 is 14.3 Å². The van der Waals surface area contributed by atoms with Gasteiger partial charge in [0.1, 0.15) is 5.60 Å². The van der Waals surface area contributed by atoms with Crippen LogP contribution in [0.1, 0.15) is 42.3 Å². The number of nitrogens with zero attached hydrogens (tertiary/aromatic N) is 1. The highest BCUT2D eigenvalue weighted by Gasteiger charge is 2.28. The van der Waals surface area contributed by atoms with Gasteiger partial charge in [-0.2, -0.15) is 0 Å². The second kappa shape index (κ2) is 5.15. The number of nitrogens with one attached hydrogen (secondary N) is 1. The molecule has 0 unspecified atom stereocenters. The number of benzene rings is 1. The number of hydrogen-bond donors (Lipinski definition) is 1. The summed E-state index contributed by atoms with van der Waals surface area (Å²) in [6, 6.07) is 5.50. The van der Waals surface area contributed by atoms with Crippen LogP contribution < -0.4 is 5.32 Å². The molecule has 1 N–H and O–H groups in total. The van der Waals surface area contributed by atoms with Crippen LogP contribution in [0, 0.1) is 0 Å². The van der Waals surface area contributed by atoms with Crippen LogP contribution in [0.15, 0.2) is 18.2 Å². The number of ether oxygens (including phenoxy) is 1. The maximum atomic E-state index is 12.0.